The number of ether oxygens (including phenoxy) is 1. The topological polar surface area (TPSA) is 82.5 Å². The van der Waals surface area contributed by atoms with E-state index in [4.69, 9.17) is 32.9 Å². The molecule has 2 heterocycles. The van der Waals surface area contributed by atoms with Gasteiger partial charge in [0.15, 0.2) is 0 Å². The molecule has 0 aliphatic carbocycles. The first-order chi connectivity index (χ1) is 22.8. The fraction of sp³-hybridized carbons (Fsp3) is 0.444. The fourth-order valence-electron chi connectivity index (χ4n) is 6.39. The summed E-state index contributed by atoms with van der Waals surface area (Å²) in [6.45, 7) is 11.7. The zero-order valence-electron chi connectivity index (χ0n) is 28.2. The first kappa shape index (κ1) is 36.5. The molecule has 258 valence electrons. The van der Waals surface area contributed by atoms with E-state index in [0.717, 1.165) is 32.9 Å². The van der Waals surface area contributed by atoms with Gasteiger partial charge < -0.3 is 9.64 Å². The summed E-state index contributed by atoms with van der Waals surface area (Å²) in [7, 11) is -3.01. The monoisotopic (exact) mass is 730 g/mol. The smallest absolute Gasteiger partial charge is 0.326 e. The van der Waals surface area contributed by atoms with Gasteiger partial charge in [0.05, 0.1) is 24.0 Å². The number of piperazine rings is 1. The molecule has 1 saturated heterocycles. The van der Waals surface area contributed by atoms with Crippen LogP contribution in [0.1, 0.15) is 45.2 Å². The number of amidine groups is 1. The molecule has 2 aliphatic heterocycles. The third-order valence-corrected chi connectivity index (χ3v) is 11.5. The number of sulfone groups is 1. The zero-order chi connectivity index (χ0) is 34.6. The second kappa shape index (κ2) is 15.4. The molecular formula is C36H44Cl2N4O4S2. The van der Waals surface area contributed by atoms with Gasteiger partial charge in [-0.2, -0.15) is 0 Å². The first-order valence-corrected chi connectivity index (χ1v) is 20.2. The Labute approximate surface area is 299 Å². The molecule has 0 aromatic heterocycles. The quantitative estimate of drug-likeness (QED) is 0.188. The van der Waals surface area contributed by atoms with Crippen molar-refractivity contribution >= 4 is 56.7 Å². The maximum Gasteiger partial charge on any atom is 0.326 e. The van der Waals surface area contributed by atoms with Crippen molar-refractivity contribution in [3.05, 3.63) is 81.8 Å². The maximum absolute atomic E-state index is 14.7. The maximum atomic E-state index is 14.7. The van der Waals surface area contributed by atoms with E-state index in [9.17, 15) is 13.2 Å². The molecule has 0 N–H and O–H groups in total. The predicted molar refractivity (Wildman–Crippen MR) is 199 cm³/mol. The summed E-state index contributed by atoms with van der Waals surface area (Å²) in [6, 6.07) is 19.1. The van der Waals surface area contributed by atoms with Crippen LogP contribution in [0, 0.1) is 0 Å². The molecule has 3 aromatic rings. The van der Waals surface area contributed by atoms with E-state index in [1.54, 1.807) is 11.8 Å². The summed E-state index contributed by atoms with van der Waals surface area (Å²) in [5.74, 6) is 2.28. The van der Waals surface area contributed by atoms with Gasteiger partial charge in [0.1, 0.15) is 27.0 Å². The Hall–Kier alpha value is -2.76. The van der Waals surface area contributed by atoms with Crippen molar-refractivity contribution in [1.29, 1.82) is 0 Å². The van der Waals surface area contributed by atoms with Crippen molar-refractivity contribution in [1.82, 2.24) is 14.7 Å². The summed E-state index contributed by atoms with van der Waals surface area (Å²) < 4.78 is 29.7. The van der Waals surface area contributed by atoms with Gasteiger partial charge in [-0.05, 0) is 92.6 Å². The molecule has 0 radical (unpaired) electrons. The molecule has 0 unspecified atom stereocenters. The van der Waals surface area contributed by atoms with Crippen molar-refractivity contribution in [2.45, 2.75) is 50.6 Å². The average Bonchev–Trinajstić information content (AvgIpc) is 3.31. The van der Waals surface area contributed by atoms with Gasteiger partial charge in [-0.15, -0.1) is 11.8 Å². The third kappa shape index (κ3) is 8.16. The summed E-state index contributed by atoms with van der Waals surface area (Å²) in [5.41, 5.74) is 2.79. The predicted octanol–water partition coefficient (Wildman–Crippen LogP) is 7.71. The highest BCUT2D eigenvalue weighted by Gasteiger charge is 2.49. The number of rotatable bonds is 11. The number of benzene rings is 3. The Balaban J connectivity index is 1.60. The lowest BCUT2D eigenvalue weighted by Crippen LogP contribution is -2.56. The van der Waals surface area contributed by atoms with E-state index in [2.05, 4.69) is 30.9 Å². The lowest BCUT2D eigenvalue weighted by molar-refractivity contribution is 0.117. The zero-order valence-corrected chi connectivity index (χ0v) is 31.4. The Morgan fingerprint density at radius 2 is 1.62 bits per heavy atom. The van der Waals surface area contributed by atoms with E-state index in [0.29, 0.717) is 67.4 Å². The number of carbonyl (C=O) groups is 1. The van der Waals surface area contributed by atoms with E-state index in [1.807, 2.05) is 72.2 Å². The summed E-state index contributed by atoms with van der Waals surface area (Å²) in [5, 5.41) is 1.27. The highest BCUT2D eigenvalue weighted by Crippen LogP contribution is 2.45. The number of amides is 2. The van der Waals surface area contributed by atoms with Crippen molar-refractivity contribution < 1.29 is 17.9 Å². The van der Waals surface area contributed by atoms with E-state index in [1.165, 1.54) is 6.26 Å². The number of nitrogens with zero attached hydrogens (tertiary/aromatic N) is 4. The molecule has 0 saturated carbocycles. The van der Waals surface area contributed by atoms with Crippen LogP contribution in [0.15, 0.2) is 70.6 Å². The largest absolute Gasteiger partial charge is 0.493 e. The van der Waals surface area contributed by atoms with E-state index in [-0.39, 0.29) is 17.8 Å². The van der Waals surface area contributed by atoms with Crippen LogP contribution in [0.3, 0.4) is 0 Å². The summed E-state index contributed by atoms with van der Waals surface area (Å²) in [6.07, 6.45) is 1.84. The molecular weight excluding hydrogens is 687 g/mol. The molecule has 2 aliphatic rings. The molecule has 12 heteroatoms. The minimum atomic E-state index is -3.01. The lowest BCUT2D eigenvalue weighted by atomic mass is 9.86. The number of carbonyl (C=O) groups excluding carboxylic acids is 1. The van der Waals surface area contributed by atoms with Crippen molar-refractivity contribution in [3.63, 3.8) is 0 Å². The second-order valence-corrected chi connectivity index (χ2v) is 16.9. The Bertz CT molecular complexity index is 1740. The standard InChI is InChI=1S/C36H44Cl2N4O4S2/c1-6-46-32-24-30(47-7-2)23-31(26-9-13-28(37)14-10-26)33(32)34-39-36(4,27-11-15-29(38)16-12-27)25(3)42(34)35(43)41-20-18-40(19-21-41)17-8-22-48(5,44)45/h9-16,23-25H,6-8,17-22H2,1-5H3/t25-,36-/m1/s1. The van der Waals surface area contributed by atoms with Crippen LogP contribution >= 0.6 is 35.0 Å². The van der Waals surface area contributed by atoms with E-state index < -0.39 is 15.4 Å². The lowest BCUT2D eigenvalue weighted by Gasteiger charge is -2.39. The number of urea groups is 1. The van der Waals surface area contributed by atoms with Crippen LogP contribution in [-0.4, -0.2) is 98.1 Å². The van der Waals surface area contributed by atoms with Crippen LogP contribution in [0.25, 0.3) is 11.1 Å². The molecule has 2 amide bonds. The highest BCUT2D eigenvalue weighted by atomic mass is 35.5. The van der Waals surface area contributed by atoms with Gasteiger partial charge in [-0.3, -0.25) is 14.8 Å². The Morgan fingerprint density at radius 3 is 2.21 bits per heavy atom. The van der Waals surface area contributed by atoms with Gasteiger partial charge >= 0.3 is 6.03 Å². The van der Waals surface area contributed by atoms with Crippen LogP contribution in [0.4, 0.5) is 4.79 Å². The number of aliphatic imine (C=N–C) groups is 1. The highest BCUT2D eigenvalue weighted by molar-refractivity contribution is 7.99. The first-order valence-electron chi connectivity index (χ1n) is 16.4. The van der Waals surface area contributed by atoms with Gasteiger partial charge in [-0.1, -0.05) is 54.4 Å². The molecule has 48 heavy (non-hydrogen) atoms. The number of hydrogen-bond acceptors (Lipinski definition) is 7. The summed E-state index contributed by atoms with van der Waals surface area (Å²) in [4.78, 5) is 27.2. The van der Waals surface area contributed by atoms with Crippen molar-refractivity contribution in [2.75, 3.05) is 57.1 Å². The van der Waals surface area contributed by atoms with Gasteiger partial charge in [0.2, 0.25) is 0 Å². The number of thioether (sulfide) groups is 1. The molecule has 3 aromatic carbocycles. The van der Waals surface area contributed by atoms with Crippen LogP contribution < -0.4 is 4.74 Å². The molecule has 1 fully saturated rings. The minimum Gasteiger partial charge on any atom is -0.493 e. The fourth-order valence-corrected chi connectivity index (χ4v) is 8.02. The van der Waals surface area contributed by atoms with Crippen molar-refractivity contribution in [3.8, 4) is 16.9 Å². The second-order valence-electron chi connectivity index (χ2n) is 12.4. The van der Waals surface area contributed by atoms with Crippen LogP contribution in [0.2, 0.25) is 10.0 Å². The molecule has 0 bridgehead atoms. The normalized spacial score (nSPS) is 20.2. The Morgan fingerprint density at radius 1 is 1.00 bits per heavy atom. The van der Waals surface area contributed by atoms with Gasteiger partial charge in [-0.25, -0.2) is 13.2 Å². The Kier molecular flexibility index (Phi) is 11.7. The number of halogens is 2. The molecule has 2 atom stereocenters. The van der Waals surface area contributed by atoms with Crippen LogP contribution in [0.5, 0.6) is 5.75 Å². The van der Waals surface area contributed by atoms with Crippen molar-refractivity contribution in [2.24, 2.45) is 4.99 Å². The average molecular weight is 732 g/mol. The van der Waals surface area contributed by atoms with Gasteiger partial charge in [0.25, 0.3) is 0 Å². The molecule has 8 nitrogen and oxygen atoms in total. The minimum absolute atomic E-state index is 0.119. The third-order valence-electron chi connectivity index (χ3n) is 9.10. The number of hydrogen-bond donors (Lipinski definition) is 0. The van der Waals surface area contributed by atoms with Gasteiger partial charge in [0, 0.05) is 47.4 Å². The molecule has 0 spiro atoms. The van der Waals surface area contributed by atoms with E-state index >= 15 is 0 Å². The SMILES string of the molecule is CCOc1cc(SCC)cc(-c2ccc(Cl)cc2)c1C1=N[C@@](C)(c2ccc(Cl)cc2)[C@@H](C)N1C(=O)N1CCN(CCCS(C)(=O)=O)CC1. The van der Waals surface area contributed by atoms with Crippen LogP contribution in [-0.2, 0) is 15.4 Å². The summed E-state index contributed by atoms with van der Waals surface area (Å²) >= 11 is 14.3. The molecule has 5 rings (SSSR count).